The van der Waals surface area contributed by atoms with Crippen molar-refractivity contribution in [1.82, 2.24) is 0 Å². The number of aliphatic carboxylic acids is 1. The van der Waals surface area contributed by atoms with Gasteiger partial charge in [-0.15, -0.1) is 0 Å². The first-order chi connectivity index (χ1) is 5.54. The molecule has 0 aliphatic carbocycles. The monoisotopic (exact) mass is 194 g/mol. The van der Waals surface area contributed by atoms with Crippen LogP contribution < -0.4 is 0 Å². The third-order valence-corrected chi connectivity index (χ3v) is 1.26. The molecular weight excluding hydrogens is 176 g/mol. The fourth-order valence-corrected chi connectivity index (χ4v) is 0.545. The highest BCUT2D eigenvalue weighted by molar-refractivity contribution is 7.80. The number of carboxylic acids is 1. The molecule has 0 aromatic rings. The Labute approximate surface area is 79.2 Å². The van der Waals surface area contributed by atoms with Crippen molar-refractivity contribution in [3.63, 3.8) is 0 Å². The van der Waals surface area contributed by atoms with Crippen molar-refractivity contribution in [2.24, 2.45) is 5.92 Å². The van der Waals surface area contributed by atoms with Crippen LogP contribution in [0, 0.1) is 5.92 Å². The molecule has 0 fully saturated rings. The van der Waals surface area contributed by atoms with Crippen LogP contribution in [0.1, 0.15) is 26.7 Å². The van der Waals surface area contributed by atoms with Gasteiger partial charge in [0.2, 0.25) is 0 Å². The summed E-state index contributed by atoms with van der Waals surface area (Å²) in [5, 5.41) is 16.1. The smallest absolute Gasteiger partial charge is 0.304 e. The maximum absolute atomic E-state index is 9.55. The molecule has 0 aliphatic rings. The van der Waals surface area contributed by atoms with Gasteiger partial charge in [-0.3, -0.25) is 4.79 Å². The second kappa shape index (κ2) is 10.8. The highest BCUT2D eigenvalue weighted by Crippen LogP contribution is 1.94. The van der Waals surface area contributed by atoms with Crippen molar-refractivity contribution in [1.29, 1.82) is 0 Å². The van der Waals surface area contributed by atoms with Crippen LogP contribution in [-0.4, -0.2) is 28.5 Å². The fraction of sp³-hybridized carbons (Fsp3) is 0.875. The van der Waals surface area contributed by atoms with Crippen LogP contribution in [0.3, 0.4) is 0 Å². The number of hydrogen-bond acceptors (Lipinski definition) is 3. The van der Waals surface area contributed by atoms with Gasteiger partial charge in [0.15, 0.2) is 0 Å². The molecule has 0 saturated carbocycles. The summed E-state index contributed by atoms with van der Waals surface area (Å²) in [6, 6.07) is 0. The van der Waals surface area contributed by atoms with E-state index < -0.39 is 5.97 Å². The van der Waals surface area contributed by atoms with Gasteiger partial charge in [-0.05, 0) is 12.3 Å². The number of thiol groups is 1. The molecule has 0 bridgehead atoms. The van der Waals surface area contributed by atoms with Crippen LogP contribution in [0.4, 0.5) is 0 Å². The Hall–Kier alpha value is -0.220. The molecular formula is C8H18O3S. The summed E-state index contributed by atoms with van der Waals surface area (Å²) in [5.41, 5.74) is 0. The Kier molecular flexibility index (Phi) is 12.9. The van der Waals surface area contributed by atoms with Gasteiger partial charge in [0.05, 0.1) is 6.42 Å². The van der Waals surface area contributed by atoms with Gasteiger partial charge in [-0.25, -0.2) is 0 Å². The molecule has 0 radical (unpaired) electrons. The van der Waals surface area contributed by atoms with Gasteiger partial charge in [-0.1, -0.05) is 13.8 Å². The topological polar surface area (TPSA) is 57.5 Å². The first-order valence-electron chi connectivity index (χ1n) is 3.98. The average molecular weight is 194 g/mol. The van der Waals surface area contributed by atoms with E-state index in [0.29, 0.717) is 18.3 Å². The van der Waals surface area contributed by atoms with E-state index in [1.807, 2.05) is 0 Å². The van der Waals surface area contributed by atoms with Crippen LogP contribution in [0.2, 0.25) is 0 Å². The molecule has 4 heteroatoms. The van der Waals surface area contributed by atoms with Gasteiger partial charge in [0, 0.05) is 12.4 Å². The molecule has 0 heterocycles. The van der Waals surface area contributed by atoms with Crippen molar-refractivity contribution < 1.29 is 15.0 Å². The van der Waals surface area contributed by atoms with Crippen LogP contribution in [-0.2, 0) is 4.79 Å². The predicted molar refractivity (Wildman–Crippen MR) is 52.6 cm³/mol. The predicted octanol–water partition coefficient (Wildman–Crippen LogP) is 1.42. The third-order valence-electron chi connectivity index (χ3n) is 1.03. The molecule has 0 aromatic carbocycles. The van der Waals surface area contributed by atoms with Gasteiger partial charge < -0.3 is 10.2 Å². The van der Waals surface area contributed by atoms with E-state index in [-0.39, 0.29) is 6.42 Å². The standard InChI is InChI=1S/C5H12O.C3H6O2S/c1-5(2)3-4-6;4-3(5)1-2-6/h5-6H,3-4H2,1-2H3;6H,1-2H2,(H,4,5). The number of rotatable bonds is 4. The lowest BCUT2D eigenvalue weighted by Crippen LogP contribution is -1.93. The molecule has 3 nitrogen and oxygen atoms in total. The number of aliphatic hydroxyl groups is 1. The molecule has 0 amide bonds. The molecule has 12 heavy (non-hydrogen) atoms. The normalized spacial score (nSPS) is 9.08. The first kappa shape index (κ1) is 14.3. The highest BCUT2D eigenvalue weighted by Gasteiger charge is 1.88. The Morgan fingerprint density at radius 3 is 2.00 bits per heavy atom. The molecule has 0 unspecified atom stereocenters. The number of carboxylic acid groups (broad SMARTS) is 1. The lowest BCUT2D eigenvalue weighted by Gasteiger charge is -1.95. The summed E-state index contributed by atoms with van der Waals surface area (Å²) < 4.78 is 0. The van der Waals surface area contributed by atoms with Crippen LogP contribution in [0.5, 0.6) is 0 Å². The van der Waals surface area contributed by atoms with Gasteiger partial charge >= 0.3 is 5.97 Å². The molecule has 74 valence electrons. The van der Waals surface area contributed by atoms with E-state index in [2.05, 4.69) is 26.5 Å². The first-order valence-corrected chi connectivity index (χ1v) is 4.61. The summed E-state index contributed by atoms with van der Waals surface area (Å²) in [6.45, 7) is 4.52. The third kappa shape index (κ3) is 22.6. The summed E-state index contributed by atoms with van der Waals surface area (Å²) in [5.74, 6) is 0.287. The Morgan fingerprint density at radius 2 is 2.00 bits per heavy atom. The van der Waals surface area contributed by atoms with Crippen molar-refractivity contribution in [3.8, 4) is 0 Å². The molecule has 0 aromatic heterocycles. The summed E-state index contributed by atoms with van der Waals surface area (Å²) >= 11 is 3.68. The average Bonchev–Trinajstić information content (AvgIpc) is 1.87. The van der Waals surface area contributed by atoms with Crippen molar-refractivity contribution in [2.45, 2.75) is 26.7 Å². The second-order valence-corrected chi connectivity index (χ2v) is 3.22. The maximum Gasteiger partial charge on any atom is 0.304 e. The molecule has 0 aliphatic heterocycles. The van der Waals surface area contributed by atoms with Crippen molar-refractivity contribution in [2.75, 3.05) is 12.4 Å². The fourth-order valence-electron chi connectivity index (χ4n) is 0.354. The van der Waals surface area contributed by atoms with Crippen LogP contribution >= 0.6 is 12.6 Å². The van der Waals surface area contributed by atoms with E-state index in [4.69, 9.17) is 10.2 Å². The van der Waals surface area contributed by atoms with E-state index in [1.165, 1.54) is 0 Å². The molecule has 0 spiro atoms. The van der Waals surface area contributed by atoms with Crippen LogP contribution in [0.25, 0.3) is 0 Å². The van der Waals surface area contributed by atoms with Crippen molar-refractivity contribution in [3.05, 3.63) is 0 Å². The molecule has 0 saturated heterocycles. The highest BCUT2D eigenvalue weighted by atomic mass is 32.1. The van der Waals surface area contributed by atoms with E-state index in [1.54, 1.807) is 0 Å². The van der Waals surface area contributed by atoms with Crippen molar-refractivity contribution >= 4 is 18.6 Å². The lowest BCUT2D eigenvalue weighted by molar-refractivity contribution is -0.136. The van der Waals surface area contributed by atoms with Crippen LogP contribution in [0.15, 0.2) is 0 Å². The SMILES string of the molecule is CC(C)CCO.O=C(O)CCS. The number of hydrogen-bond donors (Lipinski definition) is 3. The largest absolute Gasteiger partial charge is 0.481 e. The maximum atomic E-state index is 9.55. The Balaban J connectivity index is 0. The lowest BCUT2D eigenvalue weighted by atomic mass is 10.2. The molecule has 0 rings (SSSR count). The Morgan fingerprint density at radius 1 is 1.50 bits per heavy atom. The zero-order valence-corrected chi connectivity index (χ0v) is 8.55. The molecule has 2 N–H and O–H groups in total. The van der Waals surface area contributed by atoms with E-state index >= 15 is 0 Å². The minimum atomic E-state index is -0.787. The minimum absolute atomic E-state index is 0.156. The zero-order valence-electron chi connectivity index (χ0n) is 7.66. The van der Waals surface area contributed by atoms with Gasteiger partial charge in [0.25, 0.3) is 0 Å². The quantitative estimate of drug-likeness (QED) is 0.593. The van der Waals surface area contributed by atoms with E-state index in [0.717, 1.165) is 6.42 Å². The van der Waals surface area contributed by atoms with Gasteiger partial charge in [-0.2, -0.15) is 12.6 Å². The summed E-state index contributed by atoms with van der Waals surface area (Å²) in [7, 11) is 0. The minimum Gasteiger partial charge on any atom is -0.481 e. The summed E-state index contributed by atoms with van der Waals surface area (Å²) in [6.07, 6.45) is 1.09. The van der Waals surface area contributed by atoms with E-state index in [9.17, 15) is 4.79 Å². The number of aliphatic hydroxyl groups excluding tert-OH is 1. The number of carbonyl (C=O) groups is 1. The second-order valence-electron chi connectivity index (χ2n) is 2.77. The van der Waals surface area contributed by atoms with Gasteiger partial charge in [0.1, 0.15) is 0 Å². The summed E-state index contributed by atoms with van der Waals surface area (Å²) in [4.78, 5) is 9.55. The zero-order chi connectivity index (χ0) is 9.98. The molecule has 0 atom stereocenters. The Bertz CT molecular complexity index is 104.